The monoisotopic (exact) mass is 392 g/mol. The van der Waals surface area contributed by atoms with E-state index in [4.69, 9.17) is 9.47 Å². The minimum atomic E-state index is -4.51. The molecule has 0 amide bonds. The van der Waals surface area contributed by atoms with Crippen LogP contribution in [0.3, 0.4) is 0 Å². The largest absolute Gasteiger partial charge is 0.496 e. The van der Waals surface area contributed by atoms with E-state index in [1.807, 2.05) is 0 Å². The SMILES string of the molecule is COc1ccc(CS(=O)(=O)c2ccccc2OC)cc1SC(F)(F)F. The van der Waals surface area contributed by atoms with Crippen LogP contribution < -0.4 is 9.47 Å². The van der Waals surface area contributed by atoms with Crippen molar-refractivity contribution in [3.05, 3.63) is 48.0 Å². The number of benzene rings is 2. The van der Waals surface area contributed by atoms with Gasteiger partial charge in [0.1, 0.15) is 16.4 Å². The Morgan fingerprint density at radius 3 is 2.24 bits per heavy atom. The third kappa shape index (κ3) is 5.05. The summed E-state index contributed by atoms with van der Waals surface area (Å²) < 4.78 is 73.1. The lowest BCUT2D eigenvalue weighted by Crippen LogP contribution is -2.07. The molecule has 0 bridgehead atoms. The van der Waals surface area contributed by atoms with Gasteiger partial charge in [0, 0.05) is 0 Å². The van der Waals surface area contributed by atoms with Crippen LogP contribution in [-0.4, -0.2) is 28.1 Å². The van der Waals surface area contributed by atoms with Crippen molar-refractivity contribution in [1.82, 2.24) is 0 Å². The third-order valence-corrected chi connectivity index (χ3v) is 5.71. The number of alkyl halides is 3. The fourth-order valence-electron chi connectivity index (χ4n) is 2.19. The van der Waals surface area contributed by atoms with Crippen LogP contribution in [0.2, 0.25) is 0 Å². The maximum Gasteiger partial charge on any atom is 0.446 e. The summed E-state index contributed by atoms with van der Waals surface area (Å²) in [7, 11) is -1.19. The Kier molecular flexibility index (Phi) is 5.89. The smallest absolute Gasteiger partial charge is 0.446 e. The highest BCUT2D eigenvalue weighted by Gasteiger charge is 2.31. The molecule has 0 atom stereocenters. The molecule has 2 rings (SSSR count). The van der Waals surface area contributed by atoms with Crippen molar-refractivity contribution in [2.75, 3.05) is 14.2 Å². The molecule has 0 radical (unpaired) electrons. The lowest BCUT2D eigenvalue weighted by Gasteiger charge is -2.13. The zero-order valence-corrected chi connectivity index (χ0v) is 15.0. The molecule has 0 fully saturated rings. The van der Waals surface area contributed by atoms with Crippen molar-refractivity contribution in [2.45, 2.75) is 21.1 Å². The van der Waals surface area contributed by atoms with Crippen LogP contribution in [0, 0.1) is 0 Å². The summed E-state index contributed by atoms with van der Waals surface area (Å²) in [6, 6.07) is 9.99. The molecule has 9 heteroatoms. The molecule has 0 aromatic heterocycles. The van der Waals surface area contributed by atoms with Crippen molar-refractivity contribution >= 4 is 21.6 Å². The van der Waals surface area contributed by atoms with E-state index in [0.717, 1.165) is 0 Å². The summed E-state index contributed by atoms with van der Waals surface area (Å²) in [6.45, 7) is 0. The normalized spacial score (nSPS) is 12.0. The van der Waals surface area contributed by atoms with Gasteiger partial charge in [0.2, 0.25) is 0 Å². The van der Waals surface area contributed by atoms with E-state index in [0.29, 0.717) is 0 Å². The second kappa shape index (κ2) is 7.57. The highest BCUT2D eigenvalue weighted by molar-refractivity contribution is 8.00. The molecule has 0 aliphatic rings. The molecule has 0 saturated carbocycles. The lowest BCUT2D eigenvalue weighted by molar-refractivity contribution is -0.0328. The Morgan fingerprint density at radius 2 is 1.64 bits per heavy atom. The lowest BCUT2D eigenvalue weighted by atomic mass is 10.2. The molecule has 2 aromatic carbocycles. The van der Waals surface area contributed by atoms with E-state index in [1.54, 1.807) is 12.1 Å². The molecule has 0 spiro atoms. The van der Waals surface area contributed by atoms with Crippen LogP contribution in [0.25, 0.3) is 0 Å². The summed E-state index contributed by atoms with van der Waals surface area (Å²) in [6.07, 6.45) is 0. The Balaban J connectivity index is 2.38. The van der Waals surface area contributed by atoms with E-state index in [2.05, 4.69) is 0 Å². The number of rotatable bonds is 6. The van der Waals surface area contributed by atoms with Crippen LogP contribution >= 0.6 is 11.8 Å². The van der Waals surface area contributed by atoms with Gasteiger partial charge >= 0.3 is 5.51 Å². The van der Waals surface area contributed by atoms with Gasteiger partial charge in [-0.05, 0) is 41.6 Å². The molecule has 0 saturated heterocycles. The van der Waals surface area contributed by atoms with E-state index >= 15 is 0 Å². The topological polar surface area (TPSA) is 52.6 Å². The first kappa shape index (κ1) is 19.5. The number of hydrogen-bond donors (Lipinski definition) is 0. The molecule has 0 heterocycles. The zero-order chi connectivity index (χ0) is 18.7. The molecule has 25 heavy (non-hydrogen) atoms. The highest BCUT2D eigenvalue weighted by atomic mass is 32.2. The minimum Gasteiger partial charge on any atom is -0.496 e. The summed E-state index contributed by atoms with van der Waals surface area (Å²) in [4.78, 5) is -0.207. The predicted octanol–water partition coefficient (Wildman–Crippen LogP) is 4.29. The summed E-state index contributed by atoms with van der Waals surface area (Å²) in [5.74, 6) is -0.246. The van der Waals surface area contributed by atoms with E-state index in [-0.39, 0.29) is 38.6 Å². The number of para-hydroxylation sites is 1. The van der Waals surface area contributed by atoms with E-state index in [1.165, 1.54) is 44.6 Å². The zero-order valence-electron chi connectivity index (χ0n) is 13.3. The van der Waals surface area contributed by atoms with Crippen molar-refractivity contribution < 1.29 is 31.1 Å². The average molecular weight is 392 g/mol. The Labute approximate surface area is 147 Å². The molecular weight excluding hydrogens is 377 g/mol. The molecule has 4 nitrogen and oxygen atoms in total. The van der Waals surface area contributed by atoms with Gasteiger partial charge in [-0.3, -0.25) is 0 Å². The van der Waals surface area contributed by atoms with Gasteiger partial charge in [0.25, 0.3) is 0 Å². The van der Waals surface area contributed by atoms with Crippen molar-refractivity contribution in [3.63, 3.8) is 0 Å². The molecule has 2 aromatic rings. The first-order valence-electron chi connectivity index (χ1n) is 6.95. The van der Waals surface area contributed by atoms with Crippen LogP contribution in [-0.2, 0) is 15.6 Å². The van der Waals surface area contributed by atoms with Gasteiger partial charge in [-0.25, -0.2) is 8.42 Å². The van der Waals surface area contributed by atoms with Gasteiger partial charge in [-0.1, -0.05) is 18.2 Å². The maximum absolute atomic E-state index is 12.7. The Morgan fingerprint density at radius 1 is 1.00 bits per heavy atom. The van der Waals surface area contributed by atoms with Crippen LogP contribution in [0.1, 0.15) is 5.56 Å². The van der Waals surface area contributed by atoms with Gasteiger partial charge < -0.3 is 9.47 Å². The quantitative estimate of drug-likeness (QED) is 0.687. The van der Waals surface area contributed by atoms with E-state index < -0.39 is 21.1 Å². The first-order chi connectivity index (χ1) is 11.7. The number of hydrogen-bond acceptors (Lipinski definition) is 5. The average Bonchev–Trinajstić information content (AvgIpc) is 2.53. The van der Waals surface area contributed by atoms with Crippen molar-refractivity contribution in [3.8, 4) is 11.5 Å². The van der Waals surface area contributed by atoms with Crippen LogP contribution in [0.5, 0.6) is 11.5 Å². The van der Waals surface area contributed by atoms with Crippen LogP contribution in [0.15, 0.2) is 52.3 Å². The third-order valence-electron chi connectivity index (χ3n) is 3.21. The predicted molar refractivity (Wildman–Crippen MR) is 88.8 cm³/mol. The van der Waals surface area contributed by atoms with Crippen molar-refractivity contribution in [2.24, 2.45) is 0 Å². The summed E-state index contributed by atoms with van der Waals surface area (Å²) >= 11 is -0.349. The summed E-state index contributed by atoms with van der Waals surface area (Å²) in [5.41, 5.74) is -4.29. The van der Waals surface area contributed by atoms with Crippen molar-refractivity contribution in [1.29, 1.82) is 0 Å². The Hall–Kier alpha value is -1.87. The van der Waals surface area contributed by atoms with Gasteiger partial charge in [0.15, 0.2) is 9.84 Å². The first-order valence-corrected chi connectivity index (χ1v) is 9.41. The second-order valence-corrected chi connectivity index (χ2v) is 8.01. The molecule has 0 aliphatic heterocycles. The number of thioether (sulfide) groups is 1. The van der Waals surface area contributed by atoms with Gasteiger partial charge in [0.05, 0.1) is 24.9 Å². The molecule has 0 unspecified atom stereocenters. The second-order valence-electron chi connectivity index (χ2n) is 4.94. The fraction of sp³-hybridized carbons (Fsp3) is 0.250. The molecule has 136 valence electrons. The molecule has 0 N–H and O–H groups in total. The Bertz CT molecular complexity index is 849. The van der Waals surface area contributed by atoms with Gasteiger partial charge in [-0.15, -0.1) is 0 Å². The molecular formula is C16H15F3O4S2. The van der Waals surface area contributed by atoms with E-state index in [9.17, 15) is 21.6 Å². The van der Waals surface area contributed by atoms with Crippen LogP contribution in [0.4, 0.5) is 13.2 Å². The maximum atomic E-state index is 12.7. The minimum absolute atomic E-state index is 0.0154. The fourth-order valence-corrected chi connectivity index (χ4v) is 4.42. The highest BCUT2D eigenvalue weighted by Crippen LogP contribution is 2.42. The number of methoxy groups -OCH3 is 2. The number of ether oxygens (including phenoxy) is 2. The standard InChI is InChI=1S/C16H15F3O4S2/c1-22-12-8-7-11(9-14(12)24-16(17,18)19)10-25(20,21)15-6-4-3-5-13(15)23-2/h3-9H,10H2,1-2H3. The number of sulfone groups is 1. The summed E-state index contributed by atoms with van der Waals surface area (Å²) in [5, 5.41) is 0. The molecule has 0 aliphatic carbocycles. The number of halogens is 3. The van der Waals surface area contributed by atoms with Gasteiger partial charge in [-0.2, -0.15) is 13.2 Å².